The van der Waals surface area contributed by atoms with Gasteiger partial charge < -0.3 is 10.4 Å². The molecule has 0 atom stereocenters. The first kappa shape index (κ1) is 10.1. The van der Waals surface area contributed by atoms with Crippen molar-refractivity contribution < 1.29 is 5.11 Å². The molecule has 2 N–H and O–H groups in total. The lowest BCUT2D eigenvalue weighted by Gasteiger charge is -2.05. The highest BCUT2D eigenvalue weighted by Gasteiger charge is 2.06. The van der Waals surface area contributed by atoms with Gasteiger partial charge in [-0.3, -0.25) is 0 Å². The van der Waals surface area contributed by atoms with Crippen molar-refractivity contribution in [3.63, 3.8) is 0 Å². The van der Waals surface area contributed by atoms with E-state index in [-0.39, 0.29) is 11.0 Å². The van der Waals surface area contributed by atoms with E-state index in [1.54, 1.807) is 18.2 Å². The molecule has 1 heterocycles. The second-order valence-corrected chi connectivity index (χ2v) is 3.51. The van der Waals surface area contributed by atoms with Gasteiger partial charge >= 0.3 is 0 Å². The Morgan fingerprint density at radius 2 is 2.20 bits per heavy atom. The molecule has 0 aliphatic rings. The lowest BCUT2D eigenvalue weighted by molar-refractivity contribution is 0.476. The smallest absolute Gasteiger partial charge is 0.223 e. The van der Waals surface area contributed by atoms with Crippen LogP contribution in [0.4, 0.5) is 0 Å². The fourth-order valence-corrected chi connectivity index (χ4v) is 1.65. The van der Waals surface area contributed by atoms with E-state index in [1.165, 1.54) is 0 Å². The van der Waals surface area contributed by atoms with E-state index in [4.69, 9.17) is 11.6 Å². The van der Waals surface area contributed by atoms with Crippen molar-refractivity contribution in [3.8, 4) is 5.75 Å². The first-order valence-corrected chi connectivity index (χ1v) is 4.88. The second kappa shape index (κ2) is 4.00. The van der Waals surface area contributed by atoms with Crippen molar-refractivity contribution in [3.05, 3.63) is 29.2 Å². The number of phenolic OH excluding ortho intramolecular Hbond substituents is 1. The molecule has 4 nitrogen and oxygen atoms in total. The summed E-state index contributed by atoms with van der Waals surface area (Å²) in [7, 11) is 1.84. The molecule has 1 aromatic heterocycles. The Hall–Kier alpha value is -1.39. The number of benzene rings is 1. The Labute approximate surface area is 91.9 Å². The van der Waals surface area contributed by atoms with Crippen LogP contribution in [0.3, 0.4) is 0 Å². The largest absolute Gasteiger partial charge is 0.508 e. The number of phenols is 1. The van der Waals surface area contributed by atoms with Gasteiger partial charge in [0.2, 0.25) is 5.28 Å². The number of hydrogen-bond acceptors (Lipinski definition) is 4. The van der Waals surface area contributed by atoms with Gasteiger partial charge in [-0.25, -0.2) is 9.97 Å². The van der Waals surface area contributed by atoms with Gasteiger partial charge in [-0.15, -0.1) is 0 Å². The molecule has 78 valence electrons. The molecule has 0 aliphatic carbocycles. The minimum absolute atomic E-state index is 0.174. The maximum absolute atomic E-state index is 9.32. The molecule has 2 aromatic rings. The SMILES string of the molecule is CNCc1nc(Cl)nc2cc(O)ccc12. The van der Waals surface area contributed by atoms with Gasteiger partial charge in [0.1, 0.15) is 5.75 Å². The number of hydrogen-bond donors (Lipinski definition) is 2. The van der Waals surface area contributed by atoms with E-state index in [0.717, 1.165) is 11.1 Å². The minimum atomic E-state index is 0.174. The number of rotatable bonds is 2. The van der Waals surface area contributed by atoms with Crippen molar-refractivity contribution in [2.45, 2.75) is 6.54 Å². The molecule has 0 aliphatic heterocycles. The van der Waals surface area contributed by atoms with Crippen LogP contribution in [0, 0.1) is 0 Å². The summed E-state index contributed by atoms with van der Waals surface area (Å²) in [5.74, 6) is 0.174. The first-order valence-electron chi connectivity index (χ1n) is 4.50. The Kier molecular flexibility index (Phi) is 2.70. The van der Waals surface area contributed by atoms with Crippen molar-refractivity contribution in [1.29, 1.82) is 0 Å². The van der Waals surface area contributed by atoms with Crippen LogP contribution in [-0.2, 0) is 6.54 Å². The predicted octanol–water partition coefficient (Wildman–Crippen LogP) is 1.71. The normalized spacial score (nSPS) is 10.8. The molecule has 0 amide bonds. The number of nitrogens with one attached hydrogen (secondary N) is 1. The number of fused-ring (bicyclic) bond motifs is 1. The van der Waals surface area contributed by atoms with Crippen LogP contribution in [0.15, 0.2) is 18.2 Å². The summed E-state index contributed by atoms with van der Waals surface area (Å²) in [5.41, 5.74) is 1.48. The predicted molar refractivity (Wildman–Crippen MR) is 59.0 cm³/mol. The van der Waals surface area contributed by atoms with Crippen LogP contribution in [-0.4, -0.2) is 22.1 Å². The molecule has 0 spiro atoms. The number of aromatic hydroxyl groups is 1. The summed E-state index contributed by atoms with van der Waals surface area (Å²) in [6.45, 7) is 0.615. The maximum atomic E-state index is 9.32. The van der Waals surface area contributed by atoms with Crippen LogP contribution in [0.1, 0.15) is 5.69 Å². The van der Waals surface area contributed by atoms with E-state index in [1.807, 2.05) is 7.05 Å². The van der Waals surface area contributed by atoms with Crippen LogP contribution < -0.4 is 5.32 Å². The highest BCUT2D eigenvalue weighted by molar-refractivity contribution is 6.28. The number of aromatic nitrogens is 2. The van der Waals surface area contributed by atoms with Crippen LogP contribution in [0.2, 0.25) is 5.28 Å². The molecule has 2 rings (SSSR count). The molecule has 0 saturated heterocycles. The maximum Gasteiger partial charge on any atom is 0.223 e. The van der Waals surface area contributed by atoms with Gasteiger partial charge in [0.05, 0.1) is 11.2 Å². The van der Waals surface area contributed by atoms with E-state index in [0.29, 0.717) is 12.1 Å². The third kappa shape index (κ3) is 2.00. The van der Waals surface area contributed by atoms with E-state index in [9.17, 15) is 5.11 Å². The molecule has 1 aromatic carbocycles. The highest BCUT2D eigenvalue weighted by Crippen LogP contribution is 2.21. The standard InChI is InChI=1S/C10H10ClN3O/c1-12-5-9-7-3-2-6(15)4-8(7)13-10(11)14-9/h2-4,12,15H,5H2,1H3. The minimum Gasteiger partial charge on any atom is -0.508 e. The van der Waals surface area contributed by atoms with E-state index in [2.05, 4.69) is 15.3 Å². The second-order valence-electron chi connectivity index (χ2n) is 3.17. The number of halogens is 1. The fourth-order valence-electron chi connectivity index (χ4n) is 1.45. The summed E-state index contributed by atoms with van der Waals surface area (Å²) in [5, 5.41) is 13.4. The Morgan fingerprint density at radius 3 is 2.93 bits per heavy atom. The van der Waals surface area contributed by atoms with Crippen molar-refractivity contribution in [1.82, 2.24) is 15.3 Å². The zero-order valence-electron chi connectivity index (χ0n) is 8.16. The summed E-state index contributed by atoms with van der Waals surface area (Å²) in [4.78, 5) is 8.18. The zero-order valence-corrected chi connectivity index (χ0v) is 8.91. The van der Waals surface area contributed by atoms with Crippen molar-refractivity contribution >= 4 is 22.5 Å². The third-order valence-electron chi connectivity index (χ3n) is 2.08. The van der Waals surface area contributed by atoms with Gasteiger partial charge in [-0.05, 0) is 30.8 Å². The average Bonchev–Trinajstić information content (AvgIpc) is 2.17. The van der Waals surface area contributed by atoms with Crippen molar-refractivity contribution in [2.24, 2.45) is 0 Å². The average molecular weight is 224 g/mol. The monoisotopic (exact) mass is 223 g/mol. The molecule has 0 saturated carbocycles. The molecule has 0 bridgehead atoms. The summed E-state index contributed by atoms with van der Waals surface area (Å²) in [6, 6.07) is 4.97. The lowest BCUT2D eigenvalue weighted by atomic mass is 10.2. The van der Waals surface area contributed by atoms with E-state index < -0.39 is 0 Å². The zero-order chi connectivity index (χ0) is 10.8. The Bertz CT molecular complexity index is 496. The molecule has 15 heavy (non-hydrogen) atoms. The van der Waals surface area contributed by atoms with E-state index >= 15 is 0 Å². The summed E-state index contributed by atoms with van der Waals surface area (Å²) < 4.78 is 0. The van der Waals surface area contributed by atoms with Crippen LogP contribution >= 0.6 is 11.6 Å². The quantitative estimate of drug-likeness (QED) is 0.761. The highest BCUT2D eigenvalue weighted by atomic mass is 35.5. The Morgan fingerprint density at radius 1 is 1.40 bits per heavy atom. The first-order chi connectivity index (χ1) is 7.20. The molecule has 0 unspecified atom stereocenters. The van der Waals surface area contributed by atoms with Gasteiger partial charge in [0, 0.05) is 18.0 Å². The summed E-state index contributed by atoms with van der Waals surface area (Å²) >= 11 is 5.78. The summed E-state index contributed by atoms with van der Waals surface area (Å²) in [6.07, 6.45) is 0. The fraction of sp³-hybridized carbons (Fsp3) is 0.200. The number of nitrogens with zero attached hydrogens (tertiary/aromatic N) is 2. The molecular formula is C10H10ClN3O. The molecular weight excluding hydrogens is 214 g/mol. The van der Waals surface area contributed by atoms with Crippen LogP contribution in [0.25, 0.3) is 10.9 Å². The van der Waals surface area contributed by atoms with Gasteiger partial charge in [-0.1, -0.05) is 0 Å². The molecule has 5 heteroatoms. The van der Waals surface area contributed by atoms with Crippen molar-refractivity contribution in [2.75, 3.05) is 7.05 Å². The lowest BCUT2D eigenvalue weighted by Crippen LogP contribution is -2.08. The van der Waals surface area contributed by atoms with Crippen LogP contribution in [0.5, 0.6) is 5.75 Å². The van der Waals surface area contributed by atoms with Gasteiger partial charge in [0.25, 0.3) is 0 Å². The topological polar surface area (TPSA) is 58.0 Å². The molecule has 0 radical (unpaired) electrons. The molecule has 0 fully saturated rings. The Balaban J connectivity index is 2.68. The van der Waals surface area contributed by atoms with Gasteiger partial charge in [-0.2, -0.15) is 0 Å². The third-order valence-corrected chi connectivity index (χ3v) is 2.25. The van der Waals surface area contributed by atoms with Gasteiger partial charge in [0.15, 0.2) is 0 Å².